The maximum Gasteiger partial charge on any atom is 0.0843 e. The van der Waals surface area contributed by atoms with E-state index in [0.717, 1.165) is 12.1 Å². The van der Waals surface area contributed by atoms with Crippen molar-refractivity contribution in [2.45, 2.75) is 36.3 Å². The number of aryl methyl sites for hydroxylation is 1. The highest BCUT2D eigenvalue weighted by atomic mass is 32.2. The van der Waals surface area contributed by atoms with Gasteiger partial charge in [0.2, 0.25) is 0 Å². The number of rotatable bonds is 5. The van der Waals surface area contributed by atoms with E-state index in [4.69, 9.17) is 5.84 Å². The highest BCUT2D eigenvalue weighted by Crippen LogP contribution is 2.35. The summed E-state index contributed by atoms with van der Waals surface area (Å²) in [7, 11) is 1.89. The fourth-order valence-electron chi connectivity index (χ4n) is 2.30. The van der Waals surface area contributed by atoms with E-state index in [2.05, 4.69) is 34.4 Å². The molecule has 1 aliphatic rings. The molecule has 2 heterocycles. The second-order valence-corrected chi connectivity index (χ2v) is 7.15. The van der Waals surface area contributed by atoms with E-state index in [1.165, 1.54) is 17.9 Å². The molecular formula is C11H21N5S2. The van der Waals surface area contributed by atoms with Crippen LogP contribution in [0.15, 0.2) is 6.20 Å². The summed E-state index contributed by atoms with van der Waals surface area (Å²) in [6, 6.07) is 0.268. The molecule has 1 saturated heterocycles. The molecule has 18 heavy (non-hydrogen) atoms. The van der Waals surface area contributed by atoms with Crippen LogP contribution in [0.2, 0.25) is 0 Å². The molecule has 1 aliphatic heterocycles. The molecule has 2 rings (SSSR count). The summed E-state index contributed by atoms with van der Waals surface area (Å²) in [5.74, 6) is 8.21. The largest absolute Gasteiger partial charge is 0.271 e. The Balaban J connectivity index is 2.02. The molecule has 102 valence electrons. The van der Waals surface area contributed by atoms with Crippen LogP contribution in [-0.2, 0) is 13.5 Å². The molecule has 0 aromatic carbocycles. The SMILES string of the molecule is CCC1SCCSC1C(Cc1cn(C)nn1)NN. The Hall–Kier alpha value is -0.240. The van der Waals surface area contributed by atoms with E-state index >= 15 is 0 Å². The number of hydrogen-bond donors (Lipinski definition) is 2. The minimum Gasteiger partial charge on any atom is -0.271 e. The summed E-state index contributed by atoms with van der Waals surface area (Å²) < 4.78 is 1.74. The summed E-state index contributed by atoms with van der Waals surface area (Å²) in [4.78, 5) is 0. The van der Waals surface area contributed by atoms with Gasteiger partial charge in [-0.2, -0.15) is 23.5 Å². The molecule has 3 atom stereocenters. The van der Waals surface area contributed by atoms with Crippen LogP contribution in [0, 0.1) is 0 Å². The Morgan fingerprint density at radius 1 is 1.56 bits per heavy atom. The van der Waals surface area contributed by atoms with Crippen molar-refractivity contribution in [2.75, 3.05) is 11.5 Å². The number of thioether (sulfide) groups is 2. The highest BCUT2D eigenvalue weighted by Gasteiger charge is 2.32. The van der Waals surface area contributed by atoms with Gasteiger partial charge < -0.3 is 0 Å². The number of hydrazine groups is 1. The number of hydrogen-bond acceptors (Lipinski definition) is 6. The first-order valence-electron chi connectivity index (χ1n) is 6.29. The topological polar surface area (TPSA) is 68.8 Å². The number of aromatic nitrogens is 3. The fraction of sp³-hybridized carbons (Fsp3) is 0.818. The Bertz CT molecular complexity index is 370. The van der Waals surface area contributed by atoms with Gasteiger partial charge in [0, 0.05) is 47.7 Å². The molecule has 0 aliphatic carbocycles. The monoisotopic (exact) mass is 287 g/mol. The average molecular weight is 287 g/mol. The van der Waals surface area contributed by atoms with Crippen molar-refractivity contribution >= 4 is 23.5 Å². The molecule has 1 fully saturated rings. The lowest BCUT2D eigenvalue weighted by Crippen LogP contribution is -2.49. The van der Waals surface area contributed by atoms with Crippen molar-refractivity contribution in [1.82, 2.24) is 20.4 Å². The van der Waals surface area contributed by atoms with Crippen molar-refractivity contribution in [3.05, 3.63) is 11.9 Å². The van der Waals surface area contributed by atoms with Crippen LogP contribution in [0.5, 0.6) is 0 Å². The molecule has 1 aromatic heterocycles. The van der Waals surface area contributed by atoms with Gasteiger partial charge in [-0.1, -0.05) is 12.1 Å². The van der Waals surface area contributed by atoms with Crippen LogP contribution in [0.25, 0.3) is 0 Å². The second kappa shape index (κ2) is 6.79. The van der Waals surface area contributed by atoms with E-state index in [-0.39, 0.29) is 6.04 Å². The summed E-state index contributed by atoms with van der Waals surface area (Å²) in [5.41, 5.74) is 3.99. The summed E-state index contributed by atoms with van der Waals surface area (Å²) >= 11 is 4.11. The Kier molecular flexibility index (Phi) is 5.35. The Morgan fingerprint density at radius 3 is 2.94 bits per heavy atom. The lowest BCUT2D eigenvalue weighted by Gasteiger charge is -2.35. The Labute approximate surface area is 117 Å². The number of nitrogens with one attached hydrogen (secondary N) is 1. The first-order valence-corrected chi connectivity index (χ1v) is 8.39. The lowest BCUT2D eigenvalue weighted by atomic mass is 10.0. The standard InChI is InChI=1S/C11H21N5S2/c1-3-10-11(18-5-4-17-10)9(13-12)6-8-7-16(2)15-14-8/h7,9-11,13H,3-6,12H2,1-2H3. The summed E-state index contributed by atoms with van der Waals surface area (Å²) in [6.45, 7) is 2.26. The molecule has 7 heteroatoms. The van der Waals surface area contributed by atoms with Gasteiger partial charge >= 0.3 is 0 Å². The number of nitrogens with zero attached hydrogens (tertiary/aromatic N) is 3. The second-order valence-electron chi connectivity index (χ2n) is 4.51. The van der Waals surface area contributed by atoms with Crippen LogP contribution in [0.3, 0.4) is 0 Å². The third kappa shape index (κ3) is 3.40. The smallest absolute Gasteiger partial charge is 0.0843 e. The first-order chi connectivity index (χ1) is 8.74. The van der Waals surface area contributed by atoms with Gasteiger partial charge in [0.1, 0.15) is 0 Å². The quantitative estimate of drug-likeness (QED) is 0.617. The Morgan fingerprint density at radius 2 is 2.33 bits per heavy atom. The fourth-order valence-corrected chi connectivity index (χ4v) is 5.54. The maximum absolute atomic E-state index is 5.75. The van der Waals surface area contributed by atoms with Crippen molar-refractivity contribution in [2.24, 2.45) is 12.9 Å². The third-order valence-electron chi connectivity index (χ3n) is 3.18. The van der Waals surface area contributed by atoms with E-state index in [9.17, 15) is 0 Å². The minimum absolute atomic E-state index is 0.268. The normalized spacial score (nSPS) is 26.2. The molecule has 3 N–H and O–H groups in total. The van der Waals surface area contributed by atoms with Crippen LogP contribution in [-0.4, -0.2) is 43.0 Å². The van der Waals surface area contributed by atoms with Crippen LogP contribution in [0.4, 0.5) is 0 Å². The molecule has 3 unspecified atom stereocenters. The third-order valence-corrected chi connectivity index (χ3v) is 6.59. The van der Waals surface area contributed by atoms with Crippen molar-refractivity contribution < 1.29 is 0 Å². The predicted molar refractivity (Wildman–Crippen MR) is 78.6 cm³/mol. The zero-order valence-electron chi connectivity index (χ0n) is 10.9. The van der Waals surface area contributed by atoms with Gasteiger partial charge in [0.25, 0.3) is 0 Å². The highest BCUT2D eigenvalue weighted by molar-refractivity contribution is 8.07. The minimum atomic E-state index is 0.268. The van der Waals surface area contributed by atoms with Gasteiger partial charge in [-0.3, -0.25) is 16.0 Å². The van der Waals surface area contributed by atoms with Gasteiger partial charge in [-0.25, -0.2) is 0 Å². The van der Waals surface area contributed by atoms with Crippen molar-refractivity contribution in [1.29, 1.82) is 0 Å². The summed E-state index contributed by atoms with van der Waals surface area (Å²) in [5, 5.41) is 9.36. The molecule has 5 nitrogen and oxygen atoms in total. The van der Waals surface area contributed by atoms with Gasteiger partial charge in [-0.15, -0.1) is 5.10 Å². The van der Waals surface area contributed by atoms with Crippen molar-refractivity contribution in [3.8, 4) is 0 Å². The van der Waals surface area contributed by atoms with Gasteiger partial charge in [0.15, 0.2) is 0 Å². The molecule has 0 amide bonds. The number of nitrogens with two attached hydrogens (primary N) is 1. The van der Waals surface area contributed by atoms with E-state index in [0.29, 0.717) is 10.5 Å². The van der Waals surface area contributed by atoms with Crippen LogP contribution in [0.1, 0.15) is 19.0 Å². The lowest BCUT2D eigenvalue weighted by molar-refractivity contribution is 0.486. The van der Waals surface area contributed by atoms with E-state index in [1.807, 2.05) is 25.0 Å². The molecule has 0 radical (unpaired) electrons. The maximum atomic E-state index is 5.75. The molecule has 0 saturated carbocycles. The molecule has 1 aromatic rings. The molecule has 0 bridgehead atoms. The van der Waals surface area contributed by atoms with Crippen LogP contribution < -0.4 is 11.3 Å². The van der Waals surface area contributed by atoms with Crippen molar-refractivity contribution in [3.63, 3.8) is 0 Å². The summed E-state index contributed by atoms with van der Waals surface area (Å²) in [6.07, 6.45) is 4.01. The van der Waals surface area contributed by atoms with E-state index in [1.54, 1.807) is 4.68 Å². The molecular weight excluding hydrogens is 266 g/mol. The zero-order chi connectivity index (χ0) is 13.0. The average Bonchev–Trinajstić information content (AvgIpc) is 2.81. The predicted octanol–water partition coefficient (Wildman–Crippen LogP) is 0.817. The van der Waals surface area contributed by atoms with E-state index < -0.39 is 0 Å². The van der Waals surface area contributed by atoms with Gasteiger partial charge in [-0.05, 0) is 6.42 Å². The van der Waals surface area contributed by atoms with Crippen LogP contribution >= 0.6 is 23.5 Å². The van der Waals surface area contributed by atoms with Gasteiger partial charge in [0.05, 0.1) is 5.69 Å². The first kappa shape index (κ1) is 14.2. The molecule has 0 spiro atoms. The zero-order valence-corrected chi connectivity index (χ0v) is 12.5.